The Kier molecular flexibility index (Phi) is 6.52. The van der Waals surface area contributed by atoms with E-state index in [0.717, 1.165) is 54.9 Å². The summed E-state index contributed by atoms with van der Waals surface area (Å²) in [5, 5.41) is 12.8. The molecular formula is C32H24N4O4S2. The molecule has 1 saturated heterocycles. The summed E-state index contributed by atoms with van der Waals surface area (Å²) in [6.45, 7) is 0.400. The number of nitro groups is 1. The van der Waals surface area contributed by atoms with Crippen molar-refractivity contribution >= 4 is 51.7 Å². The lowest BCUT2D eigenvalue weighted by molar-refractivity contribution is -0.384. The molecule has 0 radical (unpaired) electrons. The normalized spacial score (nSPS) is 18.0. The number of amides is 1. The number of hydrogen-bond acceptors (Lipinski definition) is 8. The van der Waals surface area contributed by atoms with Gasteiger partial charge in [0.25, 0.3) is 11.6 Å². The van der Waals surface area contributed by atoms with Gasteiger partial charge < -0.3 is 9.64 Å². The first-order chi connectivity index (χ1) is 20.4. The Labute approximate surface area is 250 Å². The molecule has 8 nitrogen and oxygen atoms in total. The predicted octanol–water partition coefficient (Wildman–Crippen LogP) is 7.35. The molecule has 0 unspecified atom stereocenters. The van der Waals surface area contributed by atoms with Crippen LogP contribution >= 0.6 is 23.5 Å². The summed E-state index contributed by atoms with van der Waals surface area (Å²) in [5.41, 5.74) is 6.89. The van der Waals surface area contributed by atoms with Gasteiger partial charge in [0.1, 0.15) is 10.7 Å². The van der Waals surface area contributed by atoms with Gasteiger partial charge in [0, 0.05) is 30.1 Å². The number of benzene rings is 4. The monoisotopic (exact) mass is 592 g/mol. The fraction of sp³-hybridized carbons (Fsp3) is 0.125. The summed E-state index contributed by atoms with van der Waals surface area (Å²) in [5.74, 6) is 0.678. The second-order valence-corrected chi connectivity index (χ2v) is 12.1. The van der Waals surface area contributed by atoms with Crippen LogP contribution in [0.15, 0.2) is 105 Å². The van der Waals surface area contributed by atoms with Crippen LogP contribution in [0.1, 0.15) is 16.7 Å². The highest BCUT2D eigenvalue weighted by molar-refractivity contribution is 8.19. The molecule has 0 aromatic heterocycles. The van der Waals surface area contributed by atoms with E-state index in [9.17, 15) is 14.9 Å². The van der Waals surface area contributed by atoms with Crippen LogP contribution in [0.2, 0.25) is 0 Å². The van der Waals surface area contributed by atoms with E-state index in [-0.39, 0.29) is 16.5 Å². The number of methoxy groups -OCH3 is 1. The van der Waals surface area contributed by atoms with Crippen molar-refractivity contribution in [2.75, 3.05) is 19.1 Å². The molecule has 7 rings (SSSR count). The van der Waals surface area contributed by atoms with Gasteiger partial charge >= 0.3 is 0 Å². The first-order valence-corrected chi connectivity index (χ1v) is 14.9. The zero-order valence-corrected chi connectivity index (χ0v) is 24.4. The summed E-state index contributed by atoms with van der Waals surface area (Å²) in [4.78, 5) is 35.4. The van der Waals surface area contributed by atoms with E-state index >= 15 is 0 Å². The van der Waals surface area contributed by atoms with Gasteiger partial charge in [-0.1, -0.05) is 48.2 Å². The minimum atomic E-state index is -0.364. The Morgan fingerprint density at radius 1 is 0.952 bits per heavy atom. The van der Waals surface area contributed by atoms with Crippen LogP contribution < -0.4 is 9.64 Å². The number of thioether (sulfide) groups is 2. The van der Waals surface area contributed by atoms with Gasteiger partial charge in [-0.2, -0.15) is 0 Å². The number of nitrogens with zero attached hydrogens (tertiary/aromatic N) is 4. The molecule has 0 saturated carbocycles. The van der Waals surface area contributed by atoms with Crippen molar-refractivity contribution in [3.63, 3.8) is 0 Å². The van der Waals surface area contributed by atoms with E-state index in [1.165, 1.54) is 11.8 Å². The average Bonchev–Trinajstić information content (AvgIpc) is 3.63. The van der Waals surface area contributed by atoms with Crippen LogP contribution in [-0.2, 0) is 17.8 Å². The van der Waals surface area contributed by atoms with E-state index in [2.05, 4.69) is 0 Å². The molecule has 1 aliphatic carbocycles. The van der Waals surface area contributed by atoms with Crippen molar-refractivity contribution < 1.29 is 14.5 Å². The second kappa shape index (κ2) is 10.4. The fourth-order valence-corrected chi connectivity index (χ4v) is 7.78. The summed E-state index contributed by atoms with van der Waals surface area (Å²) in [6.07, 6.45) is 0.600. The molecule has 0 spiro atoms. The van der Waals surface area contributed by atoms with Gasteiger partial charge in [0.2, 0.25) is 0 Å². The first kappa shape index (κ1) is 26.4. The molecule has 1 amide bonds. The van der Waals surface area contributed by atoms with Gasteiger partial charge in [-0.05, 0) is 76.3 Å². The van der Waals surface area contributed by atoms with Crippen LogP contribution in [-0.4, -0.2) is 35.1 Å². The highest BCUT2D eigenvalue weighted by atomic mass is 32.2. The zero-order chi connectivity index (χ0) is 29.0. The Morgan fingerprint density at radius 2 is 1.71 bits per heavy atom. The quantitative estimate of drug-likeness (QED) is 0.120. The number of carbonyl (C=O) groups is 1. The minimum absolute atomic E-state index is 0.0856. The summed E-state index contributed by atoms with van der Waals surface area (Å²) in [7, 11) is 3.61. The van der Waals surface area contributed by atoms with Gasteiger partial charge in [-0.3, -0.25) is 19.8 Å². The van der Waals surface area contributed by atoms with E-state index in [0.29, 0.717) is 23.0 Å². The largest absolute Gasteiger partial charge is 0.497 e. The number of non-ortho nitro benzene ring substituents is 1. The van der Waals surface area contributed by atoms with Gasteiger partial charge in [-0.15, -0.1) is 0 Å². The third-order valence-corrected chi connectivity index (χ3v) is 10.00. The standard InChI is InChI=1S/C32H24N4O4S2/c1-34-27-17-24(40-2)10-13-28(27)41-31(34)29-30(37)35(18-19-6-4-3-5-7-19)32(42-29)33-22-8-11-25-20(15-22)14-21-16-23(36(38)39)9-12-26(21)25/h3-13,15-17H,14,18H2,1-2H3/b31-29-,33-32?. The molecule has 0 N–H and O–H groups in total. The molecule has 1 fully saturated rings. The molecule has 42 heavy (non-hydrogen) atoms. The number of hydrogen-bond donors (Lipinski definition) is 0. The maximum atomic E-state index is 14.0. The molecule has 0 bridgehead atoms. The van der Waals surface area contributed by atoms with E-state index in [1.807, 2.05) is 84.7 Å². The molecule has 2 aliphatic heterocycles. The third kappa shape index (κ3) is 4.53. The lowest BCUT2D eigenvalue weighted by Crippen LogP contribution is -2.29. The molecular weight excluding hydrogens is 569 g/mol. The van der Waals surface area contributed by atoms with Gasteiger partial charge in [0.05, 0.1) is 35.0 Å². The Hall–Kier alpha value is -4.54. The third-order valence-electron chi connectivity index (χ3n) is 7.56. The molecule has 4 aromatic rings. The zero-order valence-electron chi connectivity index (χ0n) is 22.7. The number of amidine groups is 1. The van der Waals surface area contributed by atoms with Crippen molar-refractivity contribution in [3.8, 4) is 16.9 Å². The Bertz CT molecular complexity index is 1850. The topological polar surface area (TPSA) is 88.3 Å². The summed E-state index contributed by atoms with van der Waals surface area (Å²) < 4.78 is 5.42. The molecule has 10 heteroatoms. The van der Waals surface area contributed by atoms with E-state index in [4.69, 9.17) is 9.73 Å². The van der Waals surface area contributed by atoms with Crippen LogP contribution in [0.3, 0.4) is 0 Å². The van der Waals surface area contributed by atoms with E-state index in [1.54, 1.807) is 35.9 Å². The second-order valence-electron chi connectivity index (χ2n) is 10.1. The SMILES string of the molecule is COc1ccc2c(c1)N(C)/C(=C1/SC(=Nc3ccc4c(c3)Cc3cc([N+](=O)[O-])ccc3-4)N(Cc3ccccc3)C1=O)S2. The first-order valence-electron chi connectivity index (χ1n) is 13.3. The van der Waals surface area contributed by atoms with Gasteiger partial charge in [0.15, 0.2) is 5.17 Å². The minimum Gasteiger partial charge on any atom is -0.497 e. The fourth-order valence-electron chi connectivity index (χ4n) is 5.45. The predicted molar refractivity (Wildman–Crippen MR) is 167 cm³/mol. The highest BCUT2D eigenvalue weighted by Gasteiger charge is 2.39. The van der Waals surface area contributed by atoms with Crippen molar-refractivity contribution in [2.24, 2.45) is 4.99 Å². The lowest BCUT2D eigenvalue weighted by atomic mass is 10.1. The number of anilines is 1. The van der Waals surface area contributed by atoms with Crippen molar-refractivity contribution in [1.82, 2.24) is 4.90 Å². The smallest absolute Gasteiger partial charge is 0.269 e. The maximum Gasteiger partial charge on any atom is 0.269 e. The Morgan fingerprint density at radius 3 is 2.48 bits per heavy atom. The summed E-state index contributed by atoms with van der Waals surface area (Å²) >= 11 is 2.96. The van der Waals surface area contributed by atoms with Crippen LogP contribution in [0, 0.1) is 10.1 Å². The molecule has 4 aromatic carbocycles. The van der Waals surface area contributed by atoms with Crippen molar-refractivity contribution in [1.29, 1.82) is 0 Å². The van der Waals surface area contributed by atoms with Crippen LogP contribution in [0.5, 0.6) is 5.75 Å². The molecule has 208 valence electrons. The van der Waals surface area contributed by atoms with Crippen LogP contribution in [0.25, 0.3) is 11.1 Å². The highest BCUT2D eigenvalue weighted by Crippen LogP contribution is 2.51. The average molecular weight is 593 g/mol. The molecule has 3 aliphatic rings. The van der Waals surface area contributed by atoms with Crippen LogP contribution in [0.4, 0.5) is 17.1 Å². The number of nitro benzene ring substituents is 1. The van der Waals surface area contributed by atoms with Gasteiger partial charge in [-0.25, -0.2) is 4.99 Å². The van der Waals surface area contributed by atoms with Crippen molar-refractivity contribution in [3.05, 3.63) is 122 Å². The number of rotatable bonds is 5. The lowest BCUT2D eigenvalue weighted by Gasteiger charge is -2.17. The van der Waals surface area contributed by atoms with Crippen molar-refractivity contribution in [2.45, 2.75) is 17.9 Å². The summed E-state index contributed by atoms with van der Waals surface area (Å²) in [6, 6.07) is 26.8. The number of aliphatic imine (C=N–C) groups is 1. The Balaban J connectivity index is 1.25. The number of ether oxygens (including phenoxy) is 1. The maximum absolute atomic E-state index is 14.0. The molecule has 2 heterocycles. The molecule has 0 atom stereocenters. The van der Waals surface area contributed by atoms with E-state index < -0.39 is 0 Å². The number of carbonyl (C=O) groups excluding carboxylic acids is 1. The number of fused-ring (bicyclic) bond motifs is 4.